The summed E-state index contributed by atoms with van der Waals surface area (Å²) in [6.07, 6.45) is 0.289. The Hall–Kier alpha value is -1.83. The van der Waals surface area contributed by atoms with E-state index in [1.807, 2.05) is 35.0 Å². The number of rotatable bonds is 3. The first-order valence-electron chi connectivity index (χ1n) is 8.13. The maximum absolute atomic E-state index is 5.94. The second-order valence-corrected chi connectivity index (χ2v) is 6.37. The molecule has 2 saturated heterocycles. The van der Waals surface area contributed by atoms with Crippen molar-refractivity contribution >= 4 is 0 Å². The minimum Gasteiger partial charge on any atom is -0.374 e. The molecule has 7 nitrogen and oxygen atoms in total. The zero-order valence-corrected chi connectivity index (χ0v) is 13.5. The number of aromatic nitrogens is 4. The van der Waals surface area contributed by atoms with Crippen LogP contribution < -0.4 is 0 Å². The van der Waals surface area contributed by atoms with Crippen molar-refractivity contribution in [2.24, 2.45) is 0 Å². The maximum atomic E-state index is 5.94. The summed E-state index contributed by atoms with van der Waals surface area (Å²) in [5.74, 6) is 0.873. The molecule has 0 bridgehead atoms. The lowest BCUT2D eigenvalue weighted by Gasteiger charge is -2.33. The van der Waals surface area contributed by atoms with Crippen LogP contribution in [0.1, 0.15) is 18.8 Å². The van der Waals surface area contributed by atoms with Gasteiger partial charge in [0, 0.05) is 25.7 Å². The maximum Gasteiger partial charge on any atom is 0.173 e. The lowest BCUT2D eigenvalue weighted by Crippen LogP contribution is -2.48. The number of fused-ring (bicyclic) bond motifs is 1. The van der Waals surface area contributed by atoms with E-state index in [1.54, 1.807) is 0 Å². The normalized spacial score (nSPS) is 27.0. The standard InChI is InChI=1S/C16H22N6O/c1-12(21-10-14-15(11-21)23-9-8-20(14)2)16-17-18-19-22(16)13-6-4-3-5-7-13/h3-7,12,14-15H,8-11H2,1-2H3/t12-,14-,15+/m1/s1. The van der Waals surface area contributed by atoms with E-state index >= 15 is 0 Å². The predicted octanol–water partition coefficient (Wildman–Crippen LogP) is 0.738. The van der Waals surface area contributed by atoms with E-state index in [4.69, 9.17) is 4.74 Å². The fourth-order valence-electron chi connectivity index (χ4n) is 3.57. The van der Waals surface area contributed by atoms with Gasteiger partial charge in [0.25, 0.3) is 0 Å². The monoisotopic (exact) mass is 314 g/mol. The van der Waals surface area contributed by atoms with Crippen LogP contribution in [0.5, 0.6) is 0 Å². The van der Waals surface area contributed by atoms with Crippen LogP contribution in [-0.2, 0) is 4.74 Å². The molecular weight excluding hydrogens is 292 g/mol. The minimum atomic E-state index is 0.146. The second-order valence-electron chi connectivity index (χ2n) is 6.37. The molecule has 0 unspecified atom stereocenters. The highest BCUT2D eigenvalue weighted by Crippen LogP contribution is 2.29. The summed E-state index contributed by atoms with van der Waals surface area (Å²) in [7, 11) is 2.18. The van der Waals surface area contributed by atoms with Crippen molar-refractivity contribution in [1.82, 2.24) is 30.0 Å². The van der Waals surface area contributed by atoms with E-state index in [1.165, 1.54) is 0 Å². The predicted molar refractivity (Wildman–Crippen MR) is 85.3 cm³/mol. The van der Waals surface area contributed by atoms with Gasteiger partial charge in [-0.05, 0) is 36.5 Å². The van der Waals surface area contributed by atoms with E-state index < -0.39 is 0 Å². The summed E-state index contributed by atoms with van der Waals surface area (Å²) in [5, 5.41) is 12.3. The number of morpholine rings is 1. The summed E-state index contributed by atoms with van der Waals surface area (Å²) in [6, 6.07) is 10.6. The highest BCUT2D eigenvalue weighted by atomic mass is 16.5. The molecule has 0 saturated carbocycles. The van der Waals surface area contributed by atoms with Gasteiger partial charge >= 0.3 is 0 Å². The number of ether oxygens (including phenoxy) is 1. The number of hydrogen-bond acceptors (Lipinski definition) is 6. The SMILES string of the molecule is C[C@H](c1nnnn1-c1ccccc1)N1C[C@@H]2OCCN(C)[C@@H]2C1. The van der Waals surface area contributed by atoms with Gasteiger partial charge in [0.15, 0.2) is 5.82 Å². The summed E-state index contributed by atoms with van der Waals surface area (Å²) in [5.41, 5.74) is 0.990. The van der Waals surface area contributed by atoms with Gasteiger partial charge in [-0.15, -0.1) is 5.10 Å². The van der Waals surface area contributed by atoms with Crippen molar-refractivity contribution in [3.63, 3.8) is 0 Å². The first-order chi connectivity index (χ1) is 11.2. The fraction of sp³-hybridized carbons (Fsp3) is 0.562. The number of benzene rings is 1. The molecule has 2 aliphatic rings. The lowest BCUT2D eigenvalue weighted by molar-refractivity contribution is -0.0372. The van der Waals surface area contributed by atoms with Crippen molar-refractivity contribution in [2.45, 2.75) is 25.1 Å². The zero-order valence-electron chi connectivity index (χ0n) is 13.5. The summed E-state index contributed by atoms with van der Waals surface area (Å²) in [4.78, 5) is 4.82. The molecule has 4 rings (SSSR count). The van der Waals surface area contributed by atoms with Crippen molar-refractivity contribution in [3.05, 3.63) is 36.2 Å². The molecule has 2 fully saturated rings. The van der Waals surface area contributed by atoms with Crippen LogP contribution in [0.4, 0.5) is 0 Å². The Kier molecular flexibility index (Phi) is 3.84. The Morgan fingerprint density at radius 2 is 2.04 bits per heavy atom. The molecule has 1 aromatic carbocycles. The first-order valence-corrected chi connectivity index (χ1v) is 8.13. The number of para-hydroxylation sites is 1. The molecule has 0 amide bonds. The van der Waals surface area contributed by atoms with E-state index in [-0.39, 0.29) is 12.1 Å². The van der Waals surface area contributed by atoms with Gasteiger partial charge in [0.05, 0.1) is 24.4 Å². The average Bonchev–Trinajstić information content (AvgIpc) is 3.23. The molecule has 2 aromatic rings. The van der Waals surface area contributed by atoms with Gasteiger partial charge < -0.3 is 4.74 Å². The second kappa shape index (κ2) is 5.99. The van der Waals surface area contributed by atoms with E-state index in [0.29, 0.717) is 6.04 Å². The fourth-order valence-corrected chi connectivity index (χ4v) is 3.57. The number of likely N-dealkylation sites (N-methyl/N-ethyl adjacent to an activating group) is 1. The Labute approximate surface area is 135 Å². The molecule has 2 aliphatic heterocycles. The Bertz CT molecular complexity index is 660. The van der Waals surface area contributed by atoms with E-state index in [9.17, 15) is 0 Å². The average molecular weight is 314 g/mol. The van der Waals surface area contributed by atoms with Gasteiger partial charge in [-0.2, -0.15) is 4.68 Å². The van der Waals surface area contributed by atoms with Crippen LogP contribution in [0.25, 0.3) is 5.69 Å². The minimum absolute atomic E-state index is 0.146. The third-order valence-corrected chi connectivity index (χ3v) is 5.02. The van der Waals surface area contributed by atoms with Crippen molar-refractivity contribution in [2.75, 3.05) is 33.3 Å². The van der Waals surface area contributed by atoms with Gasteiger partial charge in [-0.1, -0.05) is 18.2 Å². The molecule has 122 valence electrons. The van der Waals surface area contributed by atoms with Gasteiger partial charge in [-0.3, -0.25) is 9.80 Å². The largest absolute Gasteiger partial charge is 0.374 e. The van der Waals surface area contributed by atoms with Crippen molar-refractivity contribution in [1.29, 1.82) is 0 Å². The third-order valence-electron chi connectivity index (χ3n) is 5.02. The quantitative estimate of drug-likeness (QED) is 0.833. The molecule has 0 radical (unpaired) electrons. The van der Waals surface area contributed by atoms with Crippen LogP contribution in [0.2, 0.25) is 0 Å². The van der Waals surface area contributed by atoms with Gasteiger partial charge in [-0.25, -0.2) is 0 Å². The molecule has 0 spiro atoms. The zero-order chi connectivity index (χ0) is 15.8. The lowest BCUT2D eigenvalue weighted by atomic mass is 10.1. The first kappa shape index (κ1) is 14.7. The van der Waals surface area contributed by atoms with Crippen molar-refractivity contribution in [3.8, 4) is 5.69 Å². The number of likely N-dealkylation sites (tertiary alicyclic amines) is 1. The van der Waals surface area contributed by atoms with Crippen LogP contribution >= 0.6 is 0 Å². The molecule has 0 N–H and O–H groups in total. The topological polar surface area (TPSA) is 59.3 Å². The van der Waals surface area contributed by atoms with Crippen LogP contribution in [-0.4, -0.2) is 75.4 Å². The summed E-state index contributed by atoms with van der Waals surface area (Å²) >= 11 is 0. The summed E-state index contributed by atoms with van der Waals surface area (Å²) in [6.45, 7) is 5.91. The molecule has 7 heteroatoms. The molecule has 23 heavy (non-hydrogen) atoms. The highest BCUT2D eigenvalue weighted by molar-refractivity contribution is 5.31. The number of hydrogen-bond donors (Lipinski definition) is 0. The van der Waals surface area contributed by atoms with Crippen molar-refractivity contribution < 1.29 is 4.74 Å². The number of tetrazole rings is 1. The van der Waals surface area contributed by atoms with Gasteiger partial charge in [0.1, 0.15) is 0 Å². The van der Waals surface area contributed by atoms with Crippen LogP contribution in [0.15, 0.2) is 30.3 Å². The Morgan fingerprint density at radius 1 is 1.22 bits per heavy atom. The van der Waals surface area contributed by atoms with Crippen LogP contribution in [0.3, 0.4) is 0 Å². The van der Waals surface area contributed by atoms with E-state index in [2.05, 4.69) is 39.3 Å². The summed E-state index contributed by atoms with van der Waals surface area (Å²) < 4.78 is 7.77. The third kappa shape index (κ3) is 2.65. The number of nitrogens with zero attached hydrogens (tertiary/aromatic N) is 6. The highest BCUT2D eigenvalue weighted by Gasteiger charge is 2.41. The Morgan fingerprint density at radius 3 is 2.83 bits per heavy atom. The molecular formula is C16H22N6O. The van der Waals surface area contributed by atoms with Gasteiger partial charge in [0.2, 0.25) is 0 Å². The Balaban J connectivity index is 1.57. The van der Waals surface area contributed by atoms with E-state index in [0.717, 1.165) is 37.8 Å². The molecule has 3 heterocycles. The molecule has 1 aromatic heterocycles. The molecule has 3 atom stereocenters. The smallest absolute Gasteiger partial charge is 0.173 e. The van der Waals surface area contributed by atoms with Crippen LogP contribution in [0, 0.1) is 0 Å². The molecule has 0 aliphatic carbocycles.